The van der Waals surface area contributed by atoms with Gasteiger partial charge in [-0.1, -0.05) is 0 Å². The lowest BCUT2D eigenvalue weighted by molar-refractivity contribution is -0.119. The van der Waals surface area contributed by atoms with Gasteiger partial charge in [0.25, 0.3) is 5.91 Å². The first-order valence-corrected chi connectivity index (χ1v) is 6.92. The average molecular weight is 315 g/mol. The predicted octanol–water partition coefficient (Wildman–Crippen LogP) is 2.12. The highest BCUT2D eigenvalue weighted by Gasteiger charge is 2.12. The van der Waals surface area contributed by atoms with Crippen LogP contribution in [0.15, 0.2) is 47.6 Å². The van der Waals surface area contributed by atoms with Crippen LogP contribution >= 0.6 is 0 Å². The Morgan fingerprint density at radius 1 is 1.17 bits per heavy atom. The highest BCUT2D eigenvalue weighted by Crippen LogP contribution is 2.31. The van der Waals surface area contributed by atoms with Crippen molar-refractivity contribution in [2.45, 2.75) is 0 Å². The lowest BCUT2D eigenvalue weighted by Gasteiger charge is -2.04. The molecule has 3 rings (SSSR count). The van der Waals surface area contributed by atoms with E-state index >= 15 is 0 Å². The second-order valence-corrected chi connectivity index (χ2v) is 4.77. The SMILES string of the molecule is O=C(CNc1ccc(F)cc1)NN=Cc1ccc2c(c1)OCO2. The summed E-state index contributed by atoms with van der Waals surface area (Å²) in [4.78, 5) is 11.7. The highest BCUT2D eigenvalue weighted by atomic mass is 19.1. The highest BCUT2D eigenvalue weighted by molar-refractivity contribution is 5.84. The van der Waals surface area contributed by atoms with Gasteiger partial charge in [0, 0.05) is 5.69 Å². The first kappa shape index (κ1) is 14.8. The number of nitrogens with one attached hydrogen (secondary N) is 2. The number of benzene rings is 2. The second kappa shape index (κ2) is 6.78. The molecule has 118 valence electrons. The monoisotopic (exact) mass is 315 g/mol. The van der Waals surface area contributed by atoms with Gasteiger partial charge in [-0.3, -0.25) is 4.79 Å². The van der Waals surface area contributed by atoms with Crippen LogP contribution in [0.3, 0.4) is 0 Å². The normalized spacial score (nSPS) is 12.4. The van der Waals surface area contributed by atoms with Crippen molar-refractivity contribution in [2.24, 2.45) is 5.10 Å². The number of hydrogen-bond donors (Lipinski definition) is 2. The van der Waals surface area contributed by atoms with Crippen molar-refractivity contribution in [3.63, 3.8) is 0 Å². The van der Waals surface area contributed by atoms with E-state index in [-0.39, 0.29) is 25.1 Å². The molecule has 23 heavy (non-hydrogen) atoms. The van der Waals surface area contributed by atoms with Crippen LogP contribution in [0, 0.1) is 5.82 Å². The molecule has 0 fully saturated rings. The van der Waals surface area contributed by atoms with Gasteiger partial charge in [-0.05, 0) is 48.0 Å². The number of carbonyl (C=O) groups is 1. The number of anilines is 1. The van der Waals surface area contributed by atoms with Gasteiger partial charge in [0.05, 0.1) is 12.8 Å². The summed E-state index contributed by atoms with van der Waals surface area (Å²) in [5.74, 6) is 0.701. The first-order chi connectivity index (χ1) is 11.2. The number of amides is 1. The van der Waals surface area contributed by atoms with Crippen LogP contribution in [0.25, 0.3) is 0 Å². The fourth-order valence-electron chi connectivity index (χ4n) is 1.96. The fraction of sp³-hybridized carbons (Fsp3) is 0.125. The van der Waals surface area contributed by atoms with E-state index in [1.807, 2.05) is 0 Å². The van der Waals surface area contributed by atoms with E-state index in [0.717, 1.165) is 5.56 Å². The van der Waals surface area contributed by atoms with Crippen LogP contribution in [0.5, 0.6) is 11.5 Å². The molecule has 6 nitrogen and oxygen atoms in total. The molecule has 2 aromatic carbocycles. The number of ether oxygens (including phenoxy) is 2. The molecule has 1 aliphatic rings. The number of fused-ring (bicyclic) bond motifs is 1. The Kier molecular flexibility index (Phi) is 4.37. The van der Waals surface area contributed by atoms with E-state index in [1.165, 1.54) is 18.3 Å². The van der Waals surface area contributed by atoms with Crippen LogP contribution in [-0.2, 0) is 4.79 Å². The van der Waals surface area contributed by atoms with Gasteiger partial charge in [-0.15, -0.1) is 0 Å². The Morgan fingerprint density at radius 2 is 1.96 bits per heavy atom. The van der Waals surface area contributed by atoms with Crippen LogP contribution in [-0.4, -0.2) is 25.5 Å². The Hall–Kier alpha value is -3.09. The summed E-state index contributed by atoms with van der Waals surface area (Å²) in [6.07, 6.45) is 1.51. The molecule has 0 radical (unpaired) electrons. The summed E-state index contributed by atoms with van der Waals surface area (Å²) in [5, 5.41) is 6.74. The summed E-state index contributed by atoms with van der Waals surface area (Å²) >= 11 is 0. The minimum absolute atomic E-state index is 0.0319. The van der Waals surface area contributed by atoms with Crippen molar-refractivity contribution in [3.8, 4) is 11.5 Å². The maximum absolute atomic E-state index is 12.8. The number of hydrazone groups is 1. The van der Waals surface area contributed by atoms with E-state index < -0.39 is 0 Å². The molecule has 0 unspecified atom stereocenters. The van der Waals surface area contributed by atoms with Crippen LogP contribution < -0.4 is 20.2 Å². The maximum Gasteiger partial charge on any atom is 0.259 e. The number of halogens is 1. The molecule has 0 spiro atoms. The van der Waals surface area contributed by atoms with Crippen molar-refractivity contribution >= 4 is 17.8 Å². The first-order valence-electron chi connectivity index (χ1n) is 6.92. The van der Waals surface area contributed by atoms with Crippen molar-refractivity contribution in [1.29, 1.82) is 0 Å². The second-order valence-electron chi connectivity index (χ2n) is 4.77. The summed E-state index contributed by atoms with van der Waals surface area (Å²) in [6.45, 7) is 0.242. The molecule has 0 saturated carbocycles. The molecule has 2 aromatic rings. The zero-order valence-corrected chi connectivity index (χ0v) is 12.1. The predicted molar refractivity (Wildman–Crippen MR) is 83.2 cm³/mol. The molecule has 0 bridgehead atoms. The minimum atomic E-state index is -0.326. The van der Waals surface area contributed by atoms with Crippen molar-refractivity contribution < 1.29 is 18.7 Å². The Labute approximate surface area is 131 Å². The third-order valence-electron chi connectivity index (χ3n) is 3.10. The number of carbonyl (C=O) groups excluding carboxylic acids is 1. The van der Waals surface area contributed by atoms with Gasteiger partial charge in [0.1, 0.15) is 5.82 Å². The van der Waals surface area contributed by atoms with Gasteiger partial charge in [-0.25, -0.2) is 9.82 Å². The third kappa shape index (κ3) is 3.97. The molecular formula is C16H14FN3O3. The minimum Gasteiger partial charge on any atom is -0.454 e. The van der Waals surface area contributed by atoms with Gasteiger partial charge in [-0.2, -0.15) is 5.10 Å². The zero-order valence-electron chi connectivity index (χ0n) is 12.1. The van der Waals surface area contributed by atoms with Crippen molar-refractivity contribution in [1.82, 2.24) is 5.43 Å². The molecule has 1 amide bonds. The average Bonchev–Trinajstić information content (AvgIpc) is 3.02. The van der Waals surface area contributed by atoms with E-state index in [1.54, 1.807) is 30.3 Å². The largest absolute Gasteiger partial charge is 0.454 e. The molecule has 1 aliphatic heterocycles. The van der Waals surface area contributed by atoms with Gasteiger partial charge in [0.15, 0.2) is 11.5 Å². The van der Waals surface area contributed by atoms with Crippen LogP contribution in [0.2, 0.25) is 0 Å². The smallest absolute Gasteiger partial charge is 0.259 e. The lowest BCUT2D eigenvalue weighted by atomic mass is 10.2. The van der Waals surface area contributed by atoms with E-state index in [2.05, 4.69) is 15.8 Å². The van der Waals surface area contributed by atoms with E-state index in [9.17, 15) is 9.18 Å². The van der Waals surface area contributed by atoms with Crippen LogP contribution in [0.1, 0.15) is 5.56 Å². The van der Waals surface area contributed by atoms with Gasteiger partial charge < -0.3 is 14.8 Å². The standard InChI is InChI=1S/C16H14FN3O3/c17-12-2-4-13(5-3-12)18-9-16(21)20-19-8-11-1-6-14-15(7-11)23-10-22-14/h1-8,18H,9-10H2,(H,20,21). The molecule has 0 aliphatic carbocycles. The maximum atomic E-state index is 12.8. The molecule has 0 saturated heterocycles. The van der Waals surface area contributed by atoms with E-state index in [0.29, 0.717) is 17.2 Å². The Morgan fingerprint density at radius 3 is 2.78 bits per heavy atom. The Bertz CT molecular complexity index is 732. The van der Waals surface area contributed by atoms with Crippen molar-refractivity contribution in [2.75, 3.05) is 18.7 Å². The number of nitrogens with zero attached hydrogens (tertiary/aromatic N) is 1. The summed E-state index contributed by atoms with van der Waals surface area (Å²) in [6, 6.07) is 11.1. The third-order valence-corrected chi connectivity index (χ3v) is 3.10. The number of hydrogen-bond acceptors (Lipinski definition) is 5. The molecule has 0 aromatic heterocycles. The molecule has 7 heteroatoms. The molecule has 1 heterocycles. The summed E-state index contributed by atoms with van der Waals surface area (Å²) < 4.78 is 23.2. The van der Waals surface area contributed by atoms with Gasteiger partial charge in [0.2, 0.25) is 6.79 Å². The Balaban J connectivity index is 1.47. The number of rotatable bonds is 5. The quantitative estimate of drug-likeness (QED) is 0.655. The summed E-state index contributed by atoms with van der Waals surface area (Å²) in [5.41, 5.74) is 3.84. The summed E-state index contributed by atoms with van der Waals surface area (Å²) in [7, 11) is 0. The zero-order chi connectivity index (χ0) is 16.1. The van der Waals surface area contributed by atoms with Crippen molar-refractivity contribution in [3.05, 3.63) is 53.8 Å². The lowest BCUT2D eigenvalue weighted by Crippen LogP contribution is -2.25. The van der Waals surface area contributed by atoms with Crippen LogP contribution in [0.4, 0.5) is 10.1 Å². The topological polar surface area (TPSA) is 72.0 Å². The molecule has 2 N–H and O–H groups in total. The van der Waals surface area contributed by atoms with E-state index in [4.69, 9.17) is 9.47 Å². The molecule has 0 atom stereocenters. The van der Waals surface area contributed by atoms with Gasteiger partial charge >= 0.3 is 0 Å². The fourth-order valence-corrected chi connectivity index (χ4v) is 1.96. The molecular weight excluding hydrogens is 301 g/mol.